The molecule has 24 heavy (non-hydrogen) atoms. The topological polar surface area (TPSA) is 33.2 Å². The molecule has 0 saturated heterocycles. The number of benzene rings is 2. The summed E-state index contributed by atoms with van der Waals surface area (Å²) < 4.78 is 0. The number of hydrogen-bond acceptors (Lipinski definition) is 2. The number of amides is 1. The van der Waals surface area contributed by atoms with E-state index >= 15 is 0 Å². The van der Waals surface area contributed by atoms with Gasteiger partial charge in [0.15, 0.2) is 0 Å². The summed E-state index contributed by atoms with van der Waals surface area (Å²) in [5.41, 5.74) is 4.46. The van der Waals surface area contributed by atoms with E-state index < -0.39 is 0 Å². The molecule has 0 aliphatic rings. The van der Waals surface area contributed by atoms with Gasteiger partial charge in [-0.15, -0.1) is 0 Å². The summed E-state index contributed by atoms with van der Waals surface area (Å²) in [5.74, 6) is 0.110. The van der Waals surface area contributed by atoms with Crippen molar-refractivity contribution in [2.45, 2.75) is 13.0 Å². The quantitative estimate of drug-likeness (QED) is 0.714. The number of carbonyl (C=O) groups is 1. The van der Waals surface area contributed by atoms with E-state index in [-0.39, 0.29) is 5.91 Å². The van der Waals surface area contributed by atoms with Crippen molar-refractivity contribution in [3.05, 3.63) is 90.3 Å². The van der Waals surface area contributed by atoms with Gasteiger partial charge in [-0.2, -0.15) is 0 Å². The van der Waals surface area contributed by atoms with Crippen molar-refractivity contribution in [2.75, 3.05) is 7.05 Å². The molecule has 3 nitrogen and oxygen atoms in total. The van der Waals surface area contributed by atoms with E-state index in [2.05, 4.69) is 29.2 Å². The molecule has 1 heterocycles. The summed E-state index contributed by atoms with van der Waals surface area (Å²) in [6.07, 6.45) is 3.91. The molecule has 0 aliphatic carbocycles. The second-order valence-corrected chi connectivity index (χ2v) is 5.84. The lowest BCUT2D eigenvalue weighted by Crippen LogP contribution is -2.27. The minimum Gasteiger partial charge on any atom is -0.341 e. The molecule has 3 rings (SSSR count). The molecule has 0 atom stereocenters. The van der Waals surface area contributed by atoms with Crippen LogP contribution >= 0.6 is 0 Å². The number of rotatable bonds is 5. The van der Waals surface area contributed by atoms with Crippen molar-refractivity contribution in [2.24, 2.45) is 0 Å². The second-order valence-electron chi connectivity index (χ2n) is 5.84. The van der Waals surface area contributed by atoms with Crippen molar-refractivity contribution >= 4 is 5.91 Å². The highest BCUT2D eigenvalue weighted by molar-refractivity contribution is 5.78. The minimum atomic E-state index is 0.110. The molecule has 120 valence electrons. The third kappa shape index (κ3) is 4.07. The standard InChI is InChI=1S/C21H20N2O/c1-23(16-18-11-13-22-14-12-18)21(24)15-17-7-9-20(10-8-17)19-5-3-2-4-6-19/h2-14H,15-16H2,1H3. The molecule has 0 aliphatic heterocycles. The third-order valence-corrected chi connectivity index (χ3v) is 4.01. The van der Waals surface area contributed by atoms with Crippen LogP contribution in [0.25, 0.3) is 11.1 Å². The summed E-state index contributed by atoms with van der Waals surface area (Å²) in [5, 5.41) is 0. The second kappa shape index (κ2) is 7.55. The lowest BCUT2D eigenvalue weighted by atomic mass is 10.0. The zero-order valence-corrected chi connectivity index (χ0v) is 13.7. The smallest absolute Gasteiger partial charge is 0.227 e. The summed E-state index contributed by atoms with van der Waals surface area (Å²) in [6, 6.07) is 22.3. The third-order valence-electron chi connectivity index (χ3n) is 4.01. The zero-order chi connectivity index (χ0) is 16.8. The molecule has 0 saturated carbocycles. The van der Waals surface area contributed by atoms with Gasteiger partial charge in [0.2, 0.25) is 5.91 Å². The monoisotopic (exact) mass is 316 g/mol. The maximum Gasteiger partial charge on any atom is 0.227 e. The normalized spacial score (nSPS) is 10.4. The van der Waals surface area contributed by atoms with Gasteiger partial charge in [0, 0.05) is 26.0 Å². The molecule has 3 aromatic rings. The summed E-state index contributed by atoms with van der Waals surface area (Å²) in [7, 11) is 1.83. The number of pyridine rings is 1. The molecule has 0 bridgehead atoms. The van der Waals surface area contributed by atoms with Gasteiger partial charge in [0.1, 0.15) is 0 Å². The summed E-state index contributed by atoms with van der Waals surface area (Å²) in [4.78, 5) is 18.1. The molecule has 2 aromatic carbocycles. The van der Waals surface area contributed by atoms with E-state index in [0.717, 1.165) is 16.7 Å². The first-order valence-electron chi connectivity index (χ1n) is 7.99. The number of aromatic nitrogens is 1. The Labute approximate surface area is 142 Å². The van der Waals surface area contributed by atoms with Gasteiger partial charge < -0.3 is 4.90 Å². The number of nitrogens with zero attached hydrogens (tertiary/aromatic N) is 2. The average molecular weight is 316 g/mol. The zero-order valence-electron chi connectivity index (χ0n) is 13.7. The fourth-order valence-electron chi connectivity index (χ4n) is 2.61. The maximum atomic E-state index is 12.4. The fraction of sp³-hybridized carbons (Fsp3) is 0.143. The average Bonchev–Trinajstić information content (AvgIpc) is 2.64. The van der Waals surface area contributed by atoms with Crippen LogP contribution in [0.3, 0.4) is 0 Å². The van der Waals surface area contributed by atoms with Crippen LogP contribution in [0.5, 0.6) is 0 Å². The van der Waals surface area contributed by atoms with Crippen LogP contribution < -0.4 is 0 Å². The predicted octanol–water partition coefficient (Wildman–Crippen LogP) is 3.95. The van der Waals surface area contributed by atoms with Crippen molar-refractivity contribution in [1.29, 1.82) is 0 Å². The van der Waals surface area contributed by atoms with Gasteiger partial charge in [-0.3, -0.25) is 9.78 Å². The van der Waals surface area contributed by atoms with E-state index in [4.69, 9.17) is 0 Å². The van der Waals surface area contributed by atoms with Gasteiger partial charge in [-0.25, -0.2) is 0 Å². The lowest BCUT2D eigenvalue weighted by Gasteiger charge is -2.17. The van der Waals surface area contributed by atoms with Crippen molar-refractivity contribution in [3.8, 4) is 11.1 Å². The van der Waals surface area contributed by atoms with Gasteiger partial charge in [-0.05, 0) is 34.4 Å². The molecule has 1 amide bonds. The number of hydrogen-bond donors (Lipinski definition) is 0. The van der Waals surface area contributed by atoms with Crippen LogP contribution in [0.4, 0.5) is 0 Å². The van der Waals surface area contributed by atoms with Crippen LogP contribution in [-0.2, 0) is 17.8 Å². The van der Waals surface area contributed by atoms with Crippen molar-refractivity contribution in [3.63, 3.8) is 0 Å². The Bertz CT molecular complexity index is 783. The van der Waals surface area contributed by atoms with E-state index in [1.54, 1.807) is 17.3 Å². The highest BCUT2D eigenvalue weighted by Gasteiger charge is 2.10. The maximum absolute atomic E-state index is 12.4. The van der Waals surface area contributed by atoms with E-state index in [9.17, 15) is 4.79 Å². The highest BCUT2D eigenvalue weighted by atomic mass is 16.2. The first-order valence-corrected chi connectivity index (χ1v) is 7.99. The van der Waals surface area contributed by atoms with E-state index in [1.807, 2.05) is 49.5 Å². The Morgan fingerprint density at radius 1 is 0.833 bits per heavy atom. The first-order chi connectivity index (χ1) is 11.7. The Kier molecular flexibility index (Phi) is 5.02. The Hall–Kier alpha value is -2.94. The van der Waals surface area contributed by atoms with Gasteiger partial charge >= 0.3 is 0 Å². The Morgan fingerprint density at radius 2 is 1.46 bits per heavy atom. The minimum absolute atomic E-state index is 0.110. The SMILES string of the molecule is CN(Cc1ccncc1)C(=O)Cc1ccc(-c2ccccc2)cc1. The van der Waals surface area contributed by atoms with Gasteiger partial charge in [-0.1, -0.05) is 54.6 Å². The molecule has 3 heteroatoms. The molecule has 0 fully saturated rings. The molecule has 0 unspecified atom stereocenters. The van der Waals surface area contributed by atoms with Crippen LogP contribution in [0, 0.1) is 0 Å². The first kappa shape index (κ1) is 15.9. The summed E-state index contributed by atoms with van der Waals surface area (Å²) >= 11 is 0. The van der Waals surface area contributed by atoms with Crippen LogP contribution in [0.1, 0.15) is 11.1 Å². The van der Waals surface area contributed by atoms with Crippen LogP contribution in [0.15, 0.2) is 79.1 Å². The Balaban J connectivity index is 1.62. The summed E-state index contributed by atoms with van der Waals surface area (Å²) in [6.45, 7) is 0.601. The van der Waals surface area contributed by atoms with Crippen molar-refractivity contribution in [1.82, 2.24) is 9.88 Å². The predicted molar refractivity (Wildman–Crippen MR) is 96.3 cm³/mol. The molecule has 0 spiro atoms. The number of carbonyl (C=O) groups excluding carboxylic acids is 1. The van der Waals surface area contributed by atoms with Gasteiger partial charge in [0.05, 0.1) is 6.42 Å². The molecule has 0 N–H and O–H groups in total. The number of likely N-dealkylation sites (N-methyl/N-ethyl adjacent to an activating group) is 1. The van der Waals surface area contributed by atoms with E-state index in [1.165, 1.54) is 5.56 Å². The van der Waals surface area contributed by atoms with Gasteiger partial charge in [0.25, 0.3) is 0 Å². The lowest BCUT2D eigenvalue weighted by molar-refractivity contribution is -0.129. The molecule has 0 radical (unpaired) electrons. The highest BCUT2D eigenvalue weighted by Crippen LogP contribution is 2.19. The largest absolute Gasteiger partial charge is 0.341 e. The van der Waals surface area contributed by atoms with Crippen molar-refractivity contribution < 1.29 is 4.79 Å². The van der Waals surface area contributed by atoms with E-state index in [0.29, 0.717) is 13.0 Å². The molecule has 1 aromatic heterocycles. The molecular formula is C21H20N2O. The van der Waals surface area contributed by atoms with Crippen LogP contribution in [0.2, 0.25) is 0 Å². The molecular weight excluding hydrogens is 296 g/mol. The Morgan fingerprint density at radius 3 is 2.12 bits per heavy atom. The fourth-order valence-corrected chi connectivity index (χ4v) is 2.61. The van der Waals surface area contributed by atoms with Crippen LogP contribution in [-0.4, -0.2) is 22.8 Å².